The van der Waals surface area contributed by atoms with Crippen molar-refractivity contribution in [1.82, 2.24) is 5.32 Å². The van der Waals surface area contributed by atoms with Gasteiger partial charge in [0.05, 0.1) is 6.10 Å². The maximum Gasteiger partial charge on any atom is 0.223 e. The number of amides is 1. The molecule has 0 aromatic heterocycles. The van der Waals surface area contributed by atoms with Crippen LogP contribution in [0.1, 0.15) is 25.8 Å². The molecule has 1 aliphatic carbocycles. The van der Waals surface area contributed by atoms with E-state index in [1.807, 2.05) is 30.3 Å². The second-order valence-corrected chi connectivity index (χ2v) is 5.83. The zero-order valence-electron chi connectivity index (χ0n) is 11.0. The molecule has 2 N–H and O–H groups in total. The van der Waals surface area contributed by atoms with Crippen molar-refractivity contribution in [3.05, 3.63) is 35.9 Å². The van der Waals surface area contributed by atoms with Gasteiger partial charge in [0.2, 0.25) is 5.91 Å². The molecule has 0 aliphatic heterocycles. The van der Waals surface area contributed by atoms with Gasteiger partial charge in [-0.05, 0) is 17.4 Å². The van der Waals surface area contributed by atoms with Gasteiger partial charge in [0.25, 0.3) is 0 Å². The van der Waals surface area contributed by atoms with Gasteiger partial charge in [0, 0.05) is 18.9 Å². The SMILES string of the molecule is CC1(C)CC1C(=O)NCC(O)Cc1ccccc1. The molecule has 0 spiro atoms. The van der Waals surface area contributed by atoms with Crippen LogP contribution < -0.4 is 5.32 Å². The molecule has 1 amide bonds. The van der Waals surface area contributed by atoms with Crippen LogP contribution in [0.15, 0.2) is 30.3 Å². The third-order valence-electron chi connectivity index (χ3n) is 3.66. The van der Waals surface area contributed by atoms with Gasteiger partial charge in [-0.3, -0.25) is 4.79 Å². The van der Waals surface area contributed by atoms with Crippen molar-refractivity contribution < 1.29 is 9.90 Å². The van der Waals surface area contributed by atoms with Gasteiger partial charge in [-0.15, -0.1) is 0 Å². The molecule has 2 rings (SSSR count). The zero-order valence-corrected chi connectivity index (χ0v) is 11.0. The third kappa shape index (κ3) is 3.33. The van der Waals surface area contributed by atoms with E-state index in [0.717, 1.165) is 12.0 Å². The Bertz CT molecular complexity index is 414. The van der Waals surface area contributed by atoms with Crippen molar-refractivity contribution in [1.29, 1.82) is 0 Å². The van der Waals surface area contributed by atoms with E-state index in [1.54, 1.807) is 0 Å². The minimum absolute atomic E-state index is 0.0760. The molecule has 98 valence electrons. The summed E-state index contributed by atoms with van der Waals surface area (Å²) in [6.07, 6.45) is 1.02. The average molecular weight is 247 g/mol. The predicted octanol–water partition coefficient (Wildman–Crippen LogP) is 1.75. The molecular weight excluding hydrogens is 226 g/mol. The molecule has 0 heterocycles. The van der Waals surface area contributed by atoms with Gasteiger partial charge in [0.1, 0.15) is 0 Å². The Balaban J connectivity index is 1.72. The quantitative estimate of drug-likeness (QED) is 0.833. The number of aliphatic hydroxyl groups is 1. The lowest BCUT2D eigenvalue weighted by Gasteiger charge is -2.12. The fourth-order valence-electron chi connectivity index (χ4n) is 2.21. The van der Waals surface area contributed by atoms with Crippen molar-refractivity contribution in [2.45, 2.75) is 32.8 Å². The summed E-state index contributed by atoms with van der Waals surface area (Å²) in [4.78, 5) is 11.8. The van der Waals surface area contributed by atoms with Crippen LogP contribution in [-0.4, -0.2) is 23.7 Å². The summed E-state index contributed by atoms with van der Waals surface area (Å²) in [6.45, 7) is 4.52. The van der Waals surface area contributed by atoms with Crippen molar-refractivity contribution in [2.24, 2.45) is 11.3 Å². The average Bonchev–Trinajstić information content (AvgIpc) is 2.97. The van der Waals surface area contributed by atoms with E-state index in [4.69, 9.17) is 0 Å². The molecule has 2 atom stereocenters. The van der Waals surface area contributed by atoms with Crippen LogP contribution in [0.2, 0.25) is 0 Å². The summed E-state index contributed by atoms with van der Waals surface area (Å²) >= 11 is 0. The van der Waals surface area contributed by atoms with Crippen molar-refractivity contribution in [2.75, 3.05) is 6.54 Å². The highest BCUT2D eigenvalue weighted by Gasteiger charge is 2.50. The van der Waals surface area contributed by atoms with E-state index in [9.17, 15) is 9.90 Å². The van der Waals surface area contributed by atoms with Crippen LogP contribution in [0, 0.1) is 11.3 Å². The molecule has 0 radical (unpaired) electrons. The Kier molecular flexibility index (Phi) is 3.71. The number of benzene rings is 1. The van der Waals surface area contributed by atoms with E-state index in [2.05, 4.69) is 19.2 Å². The van der Waals surface area contributed by atoms with Gasteiger partial charge >= 0.3 is 0 Å². The Hall–Kier alpha value is -1.35. The highest BCUT2D eigenvalue weighted by atomic mass is 16.3. The van der Waals surface area contributed by atoms with E-state index in [-0.39, 0.29) is 17.2 Å². The molecule has 1 saturated carbocycles. The van der Waals surface area contributed by atoms with Crippen molar-refractivity contribution in [3.63, 3.8) is 0 Å². The molecule has 1 fully saturated rings. The Morgan fingerprint density at radius 2 is 2.06 bits per heavy atom. The van der Waals surface area contributed by atoms with Crippen LogP contribution in [0.4, 0.5) is 0 Å². The minimum Gasteiger partial charge on any atom is -0.391 e. The molecule has 0 saturated heterocycles. The number of aliphatic hydroxyl groups excluding tert-OH is 1. The Morgan fingerprint density at radius 1 is 1.44 bits per heavy atom. The molecule has 18 heavy (non-hydrogen) atoms. The first-order chi connectivity index (χ1) is 8.49. The van der Waals surface area contributed by atoms with Gasteiger partial charge in [0.15, 0.2) is 0 Å². The second-order valence-electron chi connectivity index (χ2n) is 5.83. The lowest BCUT2D eigenvalue weighted by Crippen LogP contribution is -2.34. The molecule has 1 aliphatic rings. The second kappa shape index (κ2) is 5.11. The first-order valence-corrected chi connectivity index (χ1v) is 6.49. The maximum atomic E-state index is 11.8. The Morgan fingerprint density at radius 3 is 2.61 bits per heavy atom. The summed E-state index contributed by atoms with van der Waals surface area (Å²) in [7, 11) is 0. The monoisotopic (exact) mass is 247 g/mol. The fourth-order valence-corrected chi connectivity index (χ4v) is 2.21. The van der Waals surface area contributed by atoms with Gasteiger partial charge in [-0.25, -0.2) is 0 Å². The number of rotatable bonds is 5. The maximum absolute atomic E-state index is 11.8. The number of hydrogen-bond acceptors (Lipinski definition) is 2. The minimum atomic E-state index is -0.516. The number of carbonyl (C=O) groups is 1. The van der Waals surface area contributed by atoms with E-state index in [1.165, 1.54) is 0 Å². The summed E-state index contributed by atoms with van der Waals surface area (Å²) in [5.74, 6) is 0.202. The van der Waals surface area contributed by atoms with Gasteiger partial charge < -0.3 is 10.4 Å². The van der Waals surface area contributed by atoms with E-state index >= 15 is 0 Å². The zero-order chi connectivity index (χ0) is 13.2. The van der Waals surface area contributed by atoms with Gasteiger partial charge in [-0.1, -0.05) is 44.2 Å². The molecule has 3 nitrogen and oxygen atoms in total. The van der Waals surface area contributed by atoms with Crippen molar-refractivity contribution >= 4 is 5.91 Å². The van der Waals surface area contributed by atoms with Crippen LogP contribution in [0.3, 0.4) is 0 Å². The first kappa shape index (κ1) is 13.1. The standard InChI is InChI=1S/C15H21NO2/c1-15(2)9-13(15)14(18)16-10-12(17)8-11-6-4-3-5-7-11/h3-7,12-13,17H,8-10H2,1-2H3,(H,16,18). The third-order valence-corrected chi connectivity index (χ3v) is 3.66. The summed E-state index contributed by atoms with van der Waals surface area (Å²) in [6, 6.07) is 9.82. The highest BCUT2D eigenvalue weighted by molar-refractivity contribution is 5.82. The van der Waals surface area contributed by atoms with Gasteiger partial charge in [-0.2, -0.15) is 0 Å². The lowest BCUT2D eigenvalue weighted by atomic mass is 10.1. The molecule has 1 aromatic carbocycles. The fraction of sp³-hybridized carbons (Fsp3) is 0.533. The largest absolute Gasteiger partial charge is 0.391 e. The molecular formula is C15H21NO2. The first-order valence-electron chi connectivity index (χ1n) is 6.49. The van der Waals surface area contributed by atoms with E-state index in [0.29, 0.717) is 13.0 Å². The number of hydrogen-bond donors (Lipinski definition) is 2. The smallest absolute Gasteiger partial charge is 0.223 e. The van der Waals surface area contributed by atoms with E-state index < -0.39 is 6.10 Å². The summed E-state index contributed by atoms with van der Waals surface area (Å²) < 4.78 is 0. The molecule has 1 aromatic rings. The number of nitrogens with one attached hydrogen (secondary N) is 1. The van der Waals surface area contributed by atoms with Crippen LogP contribution in [-0.2, 0) is 11.2 Å². The molecule has 2 unspecified atom stereocenters. The van der Waals surface area contributed by atoms with Crippen LogP contribution in [0.25, 0.3) is 0 Å². The molecule has 3 heteroatoms. The predicted molar refractivity (Wildman–Crippen MR) is 71.1 cm³/mol. The Labute approximate surface area is 108 Å². The lowest BCUT2D eigenvalue weighted by molar-refractivity contribution is -0.123. The topological polar surface area (TPSA) is 49.3 Å². The van der Waals surface area contributed by atoms with Crippen molar-refractivity contribution in [3.8, 4) is 0 Å². The van der Waals surface area contributed by atoms with Crippen LogP contribution in [0.5, 0.6) is 0 Å². The summed E-state index contributed by atoms with van der Waals surface area (Å²) in [5, 5.41) is 12.7. The van der Waals surface area contributed by atoms with Crippen LogP contribution >= 0.6 is 0 Å². The highest BCUT2D eigenvalue weighted by Crippen LogP contribution is 2.51. The molecule has 0 bridgehead atoms. The normalized spacial score (nSPS) is 22.3. The summed E-state index contributed by atoms with van der Waals surface area (Å²) in [5.41, 5.74) is 1.24. The number of carbonyl (C=O) groups excluding carboxylic acids is 1.